The van der Waals surface area contributed by atoms with Crippen molar-refractivity contribution >= 4 is 28.3 Å². The molecule has 0 radical (unpaired) electrons. The Morgan fingerprint density at radius 1 is 1.00 bits per heavy atom. The van der Waals surface area contributed by atoms with Crippen LogP contribution in [0, 0.1) is 5.92 Å². The van der Waals surface area contributed by atoms with Gasteiger partial charge in [-0.2, -0.15) is 0 Å². The molecule has 0 spiro atoms. The van der Waals surface area contributed by atoms with Crippen LogP contribution in [0.3, 0.4) is 0 Å². The fourth-order valence-corrected chi connectivity index (χ4v) is 4.83. The number of carbonyl (C=O) groups is 2. The van der Waals surface area contributed by atoms with E-state index >= 15 is 0 Å². The molecule has 0 saturated carbocycles. The Bertz CT molecular complexity index is 1170. The number of rotatable bonds is 6. The van der Waals surface area contributed by atoms with E-state index in [9.17, 15) is 9.59 Å². The highest BCUT2D eigenvalue weighted by atomic mass is 16.5. The monoisotopic (exact) mass is 458 g/mol. The van der Waals surface area contributed by atoms with Gasteiger partial charge in [0.1, 0.15) is 12.4 Å². The van der Waals surface area contributed by atoms with E-state index in [1.54, 1.807) is 0 Å². The highest BCUT2D eigenvalue weighted by molar-refractivity contribution is 6.07. The largest absolute Gasteiger partial charge is 0.491 e. The van der Waals surface area contributed by atoms with Crippen LogP contribution < -0.4 is 10.1 Å². The second kappa shape index (κ2) is 10.3. The van der Waals surface area contributed by atoms with Crippen LogP contribution in [-0.4, -0.2) is 49.1 Å². The maximum atomic E-state index is 13.3. The molecule has 2 fully saturated rings. The molecule has 34 heavy (non-hydrogen) atoms. The van der Waals surface area contributed by atoms with Gasteiger partial charge in [-0.25, -0.2) is 0 Å². The summed E-state index contributed by atoms with van der Waals surface area (Å²) in [5.41, 5.74) is 1.39. The van der Waals surface area contributed by atoms with Crippen molar-refractivity contribution in [1.82, 2.24) is 4.90 Å². The third-order valence-electron chi connectivity index (χ3n) is 6.66. The first-order valence-electron chi connectivity index (χ1n) is 12.1. The summed E-state index contributed by atoms with van der Waals surface area (Å²) >= 11 is 0. The molecule has 176 valence electrons. The standard InChI is InChI=1S/C28H30N2O4/c31-27(29-22-10-4-11-23(17-22)34-19-24-12-6-16-33-24)21-9-5-15-30(18-21)28(32)26-14-3-8-20-7-1-2-13-25(20)26/h1-4,7-8,10-11,13-14,17,21,24H,5-6,9,12,15-16,18-19H2,(H,29,31)/t21-,24-/m0/s1. The zero-order chi connectivity index (χ0) is 23.3. The number of carbonyl (C=O) groups excluding carboxylic acids is 2. The summed E-state index contributed by atoms with van der Waals surface area (Å²) < 4.78 is 11.5. The minimum absolute atomic E-state index is 0.0150. The summed E-state index contributed by atoms with van der Waals surface area (Å²) in [6.07, 6.45) is 3.81. The number of nitrogens with one attached hydrogen (secondary N) is 1. The Labute approximate surface area is 199 Å². The number of piperidine rings is 1. The van der Waals surface area contributed by atoms with E-state index in [4.69, 9.17) is 9.47 Å². The molecule has 3 aromatic carbocycles. The zero-order valence-electron chi connectivity index (χ0n) is 19.2. The molecule has 0 unspecified atom stereocenters. The number of fused-ring (bicyclic) bond motifs is 1. The first kappa shape index (κ1) is 22.4. The third-order valence-corrected chi connectivity index (χ3v) is 6.66. The lowest BCUT2D eigenvalue weighted by Gasteiger charge is -2.32. The second-order valence-electron chi connectivity index (χ2n) is 9.08. The van der Waals surface area contributed by atoms with Gasteiger partial charge in [-0.1, -0.05) is 42.5 Å². The van der Waals surface area contributed by atoms with Crippen molar-refractivity contribution in [3.8, 4) is 5.75 Å². The lowest BCUT2D eigenvalue weighted by Crippen LogP contribution is -2.43. The Kier molecular flexibility index (Phi) is 6.77. The minimum atomic E-state index is -0.246. The molecule has 3 aromatic rings. The van der Waals surface area contributed by atoms with Crippen molar-refractivity contribution in [2.75, 3.05) is 31.6 Å². The van der Waals surface area contributed by atoms with Gasteiger partial charge in [-0.15, -0.1) is 0 Å². The second-order valence-corrected chi connectivity index (χ2v) is 9.08. The fourth-order valence-electron chi connectivity index (χ4n) is 4.83. The summed E-state index contributed by atoms with van der Waals surface area (Å²) in [6, 6.07) is 21.2. The maximum Gasteiger partial charge on any atom is 0.254 e. The van der Waals surface area contributed by atoms with Crippen molar-refractivity contribution in [3.63, 3.8) is 0 Å². The van der Waals surface area contributed by atoms with Crippen molar-refractivity contribution in [2.45, 2.75) is 31.8 Å². The van der Waals surface area contributed by atoms with Crippen molar-refractivity contribution in [2.24, 2.45) is 5.92 Å². The number of nitrogens with zero attached hydrogens (tertiary/aromatic N) is 1. The Morgan fingerprint density at radius 2 is 1.85 bits per heavy atom. The molecule has 2 heterocycles. The Hall–Kier alpha value is -3.38. The van der Waals surface area contributed by atoms with Gasteiger partial charge in [0.15, 0.2) is 0 Å². The average Bonchev–Trinajstić information content (AvgIpc) is 3.41. The minimum Gasteiger partial charge on any atom is -0.491 e. The highest BCUT2D eigenvalue weighted by Gasteiger charge is 2.29. The molecule has 2 saturated heterocycles. The van der Waals surface area contributed by atoms with Gasteiger partial charge >= 0.3 is 0 Å². The number of amides is 2. The number of likely N-dealkylation sites (tertiary alicyclic amines) is 1. The smallest absolute Gasteiger partial charge is 0.254 e. The zero-order valence-corrected chi connectivity index (χ0v) is 19.2. The number of ether oxygens (including phenoxy) is 2. The molecular weight excluding hydrogens is 428 g/mol. The van der Waals surface area contributed by atoms with Crippen LogP contribution in [-0.2, 0) is 9.53 Å². The van der Waals surface area contributed by atoms with Crippen molar-refractivity contribution in [3.05, 3.63) is 72.3 Å². The molecule has 6 heteroatoms. The molecule has 0 aromatic heterocycles. The van der Waals surface area contributed by atoms with Gasteiger partial charge < -0.3 is 19.7 Å². The molecule has 2 aliphatic rings. The number of hydrogen-bond donors (Lipinski definition) is 1. The first-order chi connectivity index (χ1) is 16.7. The van der Waals surface area contributed by atoms with Crippen molar-refractivity contribution < 1.29 is 19.1 Å². The van der Waals surface area contributed by atoms with E-state index in [0.717, 1.165) is 43.1 Å². The van der Waals surface area contributed by atoms with Crippen LogP contribution in [0.1, 0.15) is 36.0 Å². The third kappa shape index (κ3) is 5.07. The SMILES string of the molecule is O=C(Nc1cccc(OC[C@@H]2CCCO2)c1)[C@H]1CCCN(C(=O)c2cccc3ccccc23)C1. The van der Waals surface area contributed by atoms with E-state index in [1.165, 1.54) is 0 Å². The van der Waals surface area contributed by atoms with Crippen LogP contribution in [0.4, 0.5) is 5.69 Å². The molecule has 2 aliphatic heterocycles. The number of anilines is 1. The van der Waals surface area contributed by atoms with Gasteiger partial charge in [0.05, 0.1) is 12.0 Å². The van der Waals surface area contributed by atoms with Gasteiger partial charge in [-0.3, -0.25) is 9.59 Å². The molecule has 2 atom stereocenters. The molecule has 2 amide bonds. The van der Waals surface area contributed by atoms with Crippen LogP contribution >= 0.6 is 0 Å². The van der Waals surface area contributed by atoms with Crippen LogP contribution in [0.25, 0.3) is 10.8 Å². The topological polar surface area (TPSA) is 67.9 Å². The van der Waals surface area contributed by atoms with E-state index in [1.807, 2.05) is 71.6 Å². The number of hydrogen-bond acceptors (Lipinski definition) is 4. The van der Waals surface area contributed by atoms with Crippen molar-refractivity contribution in [1.29, 1.82) is 0 Å². The Balaban J connectivity index is 1.22. The first-order valence-corrected chi connectivity index (χ1v) is 12.1. The number of benzene rings is 3. The van der Waals surface area contributed by atoms with E-state index < -0.39 is 0 Å². The quantitative estimate of drug-likeness (QED) is 0.571. The summed E-state index contributed by atoms with van der Waals surface area (Å²) in [5.74, 6) is 0.388. The molecular formula is C28H30N2O4. The van der Waals surface area contributed by atoms with Crippen LogP contribution in [0.5, 0.6) is 5.75 Å². The Morgan fingerprint density at radius 3 is 2.74 bits per heavy atom. The summed E-state index contributed by atoms with van der Waals surface area (Å²) in [6.45, 7) is 2.40. The molecule has 0 aliphatic carbocycles. The molecule has 0 bridgehead atoms. The normalized spacial score (nSPS) is 20.3. The summed E-state index contributed by atoms with van der Waals surface area (Å²) in [5, 5.41) is 5.01. The lowest BCUT2D eigenvalue weighted by molar-refractivity contribution is -0.121. The fraction of sp³-hybridized carbons (Fsp3) is 0.357. The van der Waals surface area contributed by atoms with E-state index in [-0.39, 0.29) is 23.8 Å². The van der Waals surface area contributed by atoms with Crippen LogP contribution in [0.2, 0.25) is 0 Å². The van der Waals surface area contributed by atoms with Crippen LogP contribution in [0.15, 0.2) is 66.7 Å². The van der Waals surface area contributed by atoms with E-state index in [2.05, 4.69) is 5.32 Å². The summed E-state index contributed by atoms with van der Waals surface area (Å²) in [4.78, 5) is 28.2. The van der Waals surface area contributed by atoms with Gasteiger partial charge in [0.25, 0.3) is 5.91 Å². The van der Waals surface area contributed by atoms with E-state index in [0.29, 0.717) is 36.7 Å². The molecule has 1 N–H and O–H groups in total. The lowest BCUT2D eigenvalue weighted by atomic mass is 9.95. The van der Waals surface area contributed by atoms with Gasteiger partial charge in [0, 0.05) is 37.0 Å². The van der Waals surface area contributed by atoms with Gasteiger partial charge in [-0.05, 0) is 54.7 Å². The summed E-state index contributed by atoms with van der Waals surface area (Å²) in [7, 11) is 0. The molecule has 5 rings (SSSR count). The average molecular weight is 459 g/mol. The predicted octanol–water partition coefficient (Wildman–Crippen LogP) is 4.89. The highest BCUT2D eigenvalue weighted by Crippen LogP contribution is 2.25. The maximum absolute atomic E-state index is 13.3. The van der Waals surface area contributed by atoms with Gasteiger partial charge in [0.2, 0.25) is 5.91 Å². The molecule has 6 nitrogen and oxygen atoms in total. The predicted molar refractivity (Wildman–Crippen MR) is 132 cm³/mol.